The van der Waals surface area contributed by atoms with Crippen molar-refractivity contribution in [1.29, 1.82) is 0 Å². The van der Waals surface area contributed by atoms with Gasteiger partial charge in [0.25, 0.3) is 0 Å². The van der Waals surface area contributed by atoms with Crippen molar-refractivity contribution in [2.24, 2.45) is 0 Å². The zero-order valence-corrected chi connectivity index (χ0v) is 20.4. The van der Waals surface area contributed by atoms with E-state index in [2.05, 4.69) is 84.9 Å². The Labute approximate surface area is 218 Å². The van der Waals surface area contributed by atoms with Gasteiger partial charge in [-0.25, -0.2) is 0 Å². The van der Waals surface area contributed by atoms with Crippen LogP contribution in [0, 0.1) is 0 Å². The molecule has 0 aliphatic rings. The average Bonchev–Trinajstić information content (AvgIpc) is 2.97. The molecule has 2 nitrogen and oxygen atoms in total. The van der Waals surface area contributed by atoms with E-state index in [0.29, 0.717) is 5.75 Å². The van der Waals surface area contributed by atoms with Crippen molar-refractivity contribution in [3.05, 3.63) is 121 Å². The fourth-order valence-corrected chi connectivity index (χ4v) is 6.29. The third-order valence-electron chi connectivity index (χ3n) is 7.99. The van der Waals surface area contributed by atoms with E-state index in [4.69, 9.17) is 0 Å². The van der Waals surface area contributed by atoms with Crippen LogP contribution in [-0.2, 0) is 0 Å². The number of aromatic hydroxyl groups is 2. The fraction of sp³-hybridized carbons (Fsp3) is 0. The molecule has 0 heterocycles. The van der Waals surface area contributed by atoms with Gasteiger partial charge < -0.3 is 10.2 Å². The average molecular weight is 487 g/mol. The van der Waals surface area contributed by atoms with E-state index in [1.54, 1.807) is 12.1 Å². The van der Waals surface area contributed by atoms with Crippen LogP contribution >= 0.6 is 0 Å². The lowest BCUT2D eigenvalue weighted by molar-refractivity contribution is 0.476. The Kier molecular flexibility index (Phi) is 4.27. The summed E-state index contributed by atoms with van der Waals surface area (Å²) in [5, 5.41) is 34.5. The minimum absolute atomic E-state index is 0.270. The molecule has 0 amide bonds. The highest BCUT2D eigenvalue weighted by molar-refractivity contribution is 6.28. The fourth-order valence-electron chi connectivity index (χ4n) is 6.29. The first-order chi connectivity index (χ1) is 18.7. The minimum Gasteiger partial charge on any atom is -0.508 e. The smallest absolute Gasteiger partial charge is 0.124 e. The molecule has 0 spiro atoms. The molecule has 0 saturated heterocycles. The zero-order valence-electron chi connectivity index (χ0n) is 20.4. The Bertz CT molecular complexity index is 2260. The number of phenolic OH excluding ortho intramolecular Hbond substituents is 2. The molecule has 0 radical (unpaired) electrons. The normalized spacial score (nSPS) is 11.9. The second-order valence-corrected chi connectivity index (χ2v) is 10.0. The molecule has 2 N–H and O–H groups in total. The van der Waals surface area contributed by atoms with Gasteiger partial charge >= 0.3 is 0 Å². The van der Waals surface area contributed by atoms with E-state index in [0.717, 1.165) is 59.6 Å². The summed E-state index contributed by atoms with van der Waals surface area (Å²) < 4.78 is 0. The first-order valence-corrected chi connectivity index (χ1v) is 12.8. The van der Waals surface area contributed by atoms with Gasteiger partial charge in [-0.3, -0.25) is 0 Å². The third-order valence-corrected chi connectivity index (χ3v) is 7.99. The lowest BCUT2D eigenvalue weighted by Gasteiger charge is -2.14. The molecule has 0 aliphatic carbocycles. The van der Waals surface area contributed by atoms with Crippen molar-refractivity contribution in [2.45, 2.75) is 0 Å². The number of rotatable bonds is 1. The number of phenols is 2. The molecule has 0 atom stereocenters. The number of benzene rings is 8. The lowest BCUT2D eigenvalue weighted by Crippen LogP contribution is -1.87. The van der Waals surface area contributed by atoms with Gasteiger partial charge in [0.05, 0.1) is 0 Å². The molecule has 0 saturated carbocycles. The van der Waals surface area contributed by atoms with Gasteiger partial charge in [0.15, 0.2) is 0 Å². The van der Waals surface area contributed by atoms with E-state index in [-0.39, 0.29) is 5.75 Å². The summed E-state index contributed by atoms with van der Waals surface area (Å²) in [6, 6.07) is 41.4. The molecule has 178 valence electrons. The van der Waals surface area contributed by atoms with Gasteiger partial charge in [0.2, 0.25) is 0 Å². The molecule has 0 bridgehead atoms. The number of fused-ring (bicyclic) bond motifs is 12. The molecule has 8 aromatic rings. The highest BCUT2D eigenvalue weighted by atomic mass is 16.3. The van der Waals surface area contributed by atoms with E-state index < -0.39 is 0 Å². The van der Waals surface area contributed by atoms with Gasteiger partial charge in [0.1, 0.15) is 11.5 Å². The van der Waals surface area contributed by atoms with Crippen LogP contribution < -0.4 is 0 Å². The van der Waals surface area contributed by atoms with Gasteiger partial charge in [-0.2, -0.15) is 0 Å². The van der Waals surface area contributed by atoms with Crippen LogP contribution in [0.1, 0.15) is 0 Å². The molecule has 0 unspecified atom stereocenters. The second-order valence-electron chi connectivity index (χ2n) is 10.0. The summed E-state index contributed by atoms with van der Waals surface area (Å²) in [5.74, 6) is 0.567. The SMILES string of the molecule is Oc1ccc2c(c1)c1ccccc1c1ccc(-c3ccc4c5ccccc5c5cccc(O)c5c4c3)cc12. The Morgan fingerprint density at radius 2 is 0.763 bits per heavy atom. The van der Waals surface area contributed by atoms with Crippen molar-refractivity contribution in [3.63, 3.8) is 0 Å². The van der Waals surface area contributed by atoms with Crippen LogP contribution in [0.4, 0.5) is 0 Å². The predicted molar refractivity (Wildman–Crippen MR) is 160 cm³/mol. The van der Waals surface area contributed by atoms with Crippen LogP contribution in [0.15, 0.2) is 121 Å². The molecule has 2 heteroatoms. The van der Waals surface area contributed by atoms with Crippen LogP contribution in [0.5, 0.6) is 11.5 Å². The summed E-state index contributed by atoms with van der Waals surface area (Å²) >= 11 is 0. The number of hydrogen-bond donors (Lipinski definition) is 2. The third kappa shape index (κ3) is 2.89. The van der Waals surface area contributed by atoms with E-state index in [1.165, 1.54) is 16.2 Å². The molecule has 0 fully saturated rings. The highest BCUT2D eigenvalue weighted by Crippen LogP contribution is 2.42. The monoisotopic (exact) mass is 486 g/mol. The Morgan fingerprint density at radius 1 is 0.316 bits per heavy atom. The van der Waals surface area contributed by atoms with Crippen molar-refractivity contribution in [3.8, 4) is 22.6 Å². The molecule has 38 heavy (non-hydrogen) atoms. The Balaban J connectivity index is 1.46. The summed E-state index contributed by atoms with van der Waals surface area (Å²) in [5.41, 5.74) is 2.21. The maximum atomic E-state index is 11.0. The molecular formula is C36H22O2. The summed E-state index contributed by atoms with van der Waals surface area (Å²) in [6.45, 7) is 0. The standard InChI is InChI=1S/C36H22O2/c37-23-14-17-30-32-18-21(12-15-28(32)25-7-2-4-9-27(25)33(30)20-23)22-13-16-29-24-6-1-3-8-26(24)31-10-5-11-35(38)36(31)34(29)19-22/h1-20,37-38H. The maximum Gasteiger partial charge on any atom is 0.124 e. The second kappa shape index (κ2) is 7.71. The zero-order chi connectivity index (χ0) is 25.4. The molecule has 8 rings (SSSR count). The first-order valence-electron chi connectivity index (χ1n) is 12.8. The van der Waals surface area contributed by atoms with Gasteiger partial charge in [-0.1, -0.05) is 91.0 Å². The largest absolute Gasteiger partial charge is 0.508 e. The van der Waals surface area contributed by atoms with Crippen LogP contribution in [-0.4, -0.2) is 10.2 Å². The Morgan fingerprint density at radius 3 is 1.45 bits per heavy atom. The van der Waals surface area contributed by atoms with E-state index in [1.807, 2.05) is 24.3 Å². The summed E-state index contributed by atoms with van der Waals surface area (Å²) in [7, 11) is 0. The van der Waals surface area contributed by atoms with Gasteiger partial charge in [-0.05, 0) is 101 Å². The summed E-state index contributed by atoms with van der Waals surface area (Å²) in [6.07, 6.45) is 0. The lowest BCUT2D eigenvalue weighted by atomic mass is 9.90. The highest BCUT2D eigenvalue weighted by Gasteiger charge is 2.14. The van der Waals surface area contributed by atoms with E-state index >= 15 is 0 Å². The summed E-state index contributed by atoms with van der Waals surface area (Å²) in [4.78, 5) is 0. The quantitative estimate of drug-likeness (QED) is 0.227. The topological polar surface area (TPSA) is 40.5 Å². The van der Waals surface area contributed by atoms with Crippen molar-refractivity contribution >= 4 is 64.6 Å². The Hall–Kier alpha value is -5.08. The molecule has 0 aromatic heterocycles. The molecule has 8 aromatic carbocycles. The van der Waals surface area contributed by atoms with Crippen LogP contribution in [0.3, 0.4) is 0 Å². The minimum atomic E-state index is 0.270. The van der Waals surface area contributed by atoms with E-state index in [9.17, 15) is 10.2 Å². The molecule has 0 aliphatic heterocycles. The van der Waals surface area contributed by atoms with Crippen molar-refractivity contribution in [1.82, 2.24) is 0 Å². The molecular weight excluding hydrogens is 464 g/mol. The van der Waals surface area contributed by atoms with Crippen LogP contribution in [0.2, 0.25) is 0 Å². The first kappa shape index (κ1) is 21.0. The maximum absolute atomic E-state index is 11.0. The van der Waals surface area contributed by atoms with Crippen molar-refractivity contribution < 1.29 is 10.2 Å². The van der Waals surface area contributed by atoms with Crippen LogP contribution in [0.25, 0.3) is 75.8 Å². The van der Waals surface area contributed by atoms with Gasteiger partial charge in [-0.15, -0.1) is 0 Å². The predicted octanol–water partition coefficient (Wildman–Crippen LogP) is 9.68. The number of hydrogen-bond acceptors (Lipinski definition) is 2. The van der Waals surface area contributed by atoms with Gasteiger partial charge in [0, 0.05) is 5.39 Å². The van der Waals surface area contributed by atoms with Crippen molar-refractivity contribution in [2.75, 3.05) is 0 Å².